The normalized spacial score (nSPS) is 18.1. The molecule has 0 aliphatic carbocycles. The third kappa shape index (κ3) is 4.30. The van der Waals surface area contributed by atoms with E-state index in [-0.39, 0.29) is 24.1 Å². The number of pyridine rings is 1. The van der Waals surface area contributed by atoms with Gasteiger partial charge < -0.3 is 19.5 Å². The first-order valence-corrected chi connectivity index (χ1v) is 11.7. The maximum Gasteiger partial charge on any atom is 0.304 e. The van der Waals surface area contributed by atoms with E-state index in [4.69, 9.17) is 14.6 Å². The first-order valence-electron chi connectivity index (χ1n) is 11.7. The highest BCUT2D eigenvalue weighted by Gasteiger charge is 2.30. The largest absolute Gasteiger partial charge is 0.493 e. The van der Waals surface area contributed by atoms with E-state index in [1.807, 2.05) is 24.3 Å². The van der Waals surface area contributed by atoms with Crippen LogP contribution in [0.4, 0.5) is 15.9 Å². The summed E-state index contributed by atoms with van der Waals surface area (Å²) in [5.41, 5.74) is 4.19. The summed E-state index contributed by atoms with van der Waals surface area (Å²) in [6.45, 7) is 3.82. The van der Waals surface area contributed by atoms with E-state index in [1.54, 1.807) is 6.07 Å². The predicted octanol–water partition coefficient (Wildman–Crippen LogP) is 5.44. The molecule has 2 aliphatic rings. The van der Waals surface area contributed by atoms with Crippen LogP contribution in [0.5, 0.6) is 11.5 Å². The first-order chi connectivity index (χ1) is 16.5. The molecule has 34 heavy (non-hydrogen) atoms. The molecular formula is C27H27FN2O4. The molecule has 0 unspecified atom stereocenters. The molecule has 3 heterocycles. The fraction of sp³-hybridized carbons (Fsp3) is 0.333. The molecular weight excluding hydrogens is 435 g/mol. The predicted molar refractivity (Wildman–Crippen MR) is 127 cm³/mol. The zero-order valence-electron chi connectivity index (χ0n) is 19.0. The van der Waals surface area contributed by atoms with Crippen LogP contribution in [0.25, 0.3) is 0 Å². The molecule has 0 saturated heterocycles. The van der Waals surface area contributed by atoms with Crippen LogP contribution in [0.1, 0.15) is 48.3 Å². The number of aromatic nitrogens is 1. The minimum Gasteiger partial charge on any atom is -0.493 e. The lowest BCUT2D eigenvalue weighted by atomic mass is 9.91. The fourth-order valence-electron chi connectivity index (χ4n) is 4.90. The van der Waals surface area contributed by atoms with E-state index in [2.05, 4.69) is 28.9 Å². The van der Waals surface area contributed by atoms with E-state index < -0.39 is 5.97 Å². The molecule has 2 aliphatic heterocycles. The Morgan fingerprint density at radius 3 is 2.74 bits per heavy atom. The molecule has 1 N–H and O–H groups in total. The summed E-state index contributed by atoms with van der Waals surface area (Å²) in [7, 11) is 0. The summed E-state index contributed by atoms with van der Waals surface area (Å²) in [5.74, 6) is 1.25. The van der Waals surface area contributed by atoms with Crippen molar-refractivity contribution < 1.29 is 23.8 Å². The molecule has 5 rings (SSSR count). The molecule has 0 fully saturated rings. The second kappa shape index (κ2) is 9.33. The molecule has 2 atom stereocenters. The molecule has 2 aromatic carbocycles. The van der Waals surface area contributed by atoms with Crippen molar-refractivity contribution in [3.63, 3.8) is 0 Å². The lowest BCUT2D eigenvalue weighted by Gasteiger charge is -2.25. The van der Waals surface area contributed by atoms with Gasteiger partial charge in [0.25, 0.3) is 0 Å². The molecule has 6 nitrogen and oxygen atoms in total. The number of aliphatic carboxylic acids is 1. The van der Waals surface area contributed by atoms with E-state index in [1.165, 1.54) is 12.3 Å². The monoisotopic (exact) mass is 462 g/mol. The highest BCUT2D eigenvalue weighted by atomic mass is 19.1. The van der Waals surface area contributed by atoms with Gasteiger partial charge in [-0.3, -0.25) is 4.79 Å². The van der Waals surface area contributed by atoms with Crippen LogP contribution < -0.4 is 14.4 Å². The number of hydrogen-bond acceptors (Lipinski definition) is 5. The van der Waals surface area contributed by atoms with Crippen LogP contribution >= 0.6 is 0 Å². The van der Waals surface area contributed by atoms with Crippen LogP contribution in [0, 0.1) is 5.82 Å². The molecule has 176 valence electrons. The van der Waals surface area contributed by atoms with Crippen molar-refractivity contribution in [3.05, 3.63) is 77.2 Å². The second-order valence-corrected chi connectivity index (χ2v) is 8.87. The average Bonchev–Trinajstić information content (AvgIpc) is 3.42. The van der Waals surface area contributed by atoms with Crippen molar-refractivity contribution in [1.29, 1.82) is 0 Å². The minimum atomic E-state index is -0.811. The van der Waals surface area contributed by atoms with E-state index in [0.29, 0.717) is 19.0 Å². The average molecular weight is 463 g/mol. The van der Waals surface area contributed by atoms with E-state index in [9.17, 15) is 9.18 Å². The SMILES string of the molecule is CCCN(c1ccc(F)cn1)c1cccc2c1OC[C@H]2Cc1ccc2c(c1)OC[C@H]2CC(=O)O. The van der Waals surface area contributed by atoms with Gasteiger partial charge in [0, 0.05) is 29.5 Å². The Balaban J connectivity index is 1.39. The van der Waals surface area contributed by atoms with Crippen LogP contribution in [0.15, 0.2) is 54.7 Å². The Bertz CT molecular complexity index is 1200. The van der Waals surface area contributed by atoms with Gasteiger partial charge in [-0.2, -0.15) is 0 Å². The number of hydrogen-bond donors (Lipinski definition) is 1. The molecule has 1 aromatic heterocycles. The van der Waals surface area contributed by atoms with Gasteiger partial charge >= 0.3 is 5.97 Å². The Hall–Kier alpha value is -3.61. The van der Waals surface area contributed by atoms with Crippen LogP contribution in [-0.4, -0.2) is 35.8 Å². The standard InChI is InChI=1S/C27H27FN2O4/c1-2-10-30(25-9-7-20(28)14-29-25)23-5-3-4-22-18(16-34-27(22)23)11-17-6-8-21-19(13-26(31)32)15-33-24(21)12-17/h3-9,12,14,18-19H,2,10-11,13,15-16H2,1H3,(H,31,32)/t18-,19-/m1/s1. The molecule has 0 amide bonds. The number of halogens is 1. The number of carboxylic acid groups (broad SMARTS) is 1. The Morgan fingerprint density at radius 2 is 1.97 bits per heavy atom. The smallest absolute Gasteiger partial charge is 0.304 e. The maximum atomic E-state index is 13.4. The lowest BCUT2D eigenvalue weighted by molar-refractivity contribution is -0.137. The van der Waals surface area contributed by atoms with Crippen LogP contribution in [0.2, 0.25) is 0 Å². The molecule has 0 radical (unpaired) electrons. The number of fused-ring (bicyclic) bond motifs is 2. The summed E-state index contributed by atoms with van der Waals surface area (Å²) in [4.78, 5) is 17.5. The molecule has 7 heteroatoms. The third-order valence-corrected chi connectivity index (χ3v) is 6.48. The van der Waals surface area contributed by atoms with Gasteiger partial charge in [0.05, 0.1) is 31.5 Å². The zero-order valence-corrected chi connectivity index (χ0v) is 19.0. The van der Waals surface area contributed by atoms with Gasteiger partial charge in [-0.15, -0.1) is 0 Å². The van der Waals surface area contributed by atoms with Gasteiger partial charge in [-0.25, -0.2) is 9.37 Å². The summed E-state index contributed by atoms with van der Waals surface area (Å²) >= 11 is 0. The van der Waals surface area contributed by atoms with E-state index >= 15 is 0 Å². The Morgan fingerprint density at radius 1 is 1.12 bits per heavy atom. The van der Waals surface area contributed by atoms with Crippen molar-refractivity contribution in [1.82, 2.24) is 4.98 Å². The number of rotatable bonds is 8. The van der Waals surface area contributed by atoms with Crippen LogP contribution in [-0.2, 0) is 11.2 Å². The molecule has 0 spiro atoms. The number of carbonyl (C=O) groups is 1. The third-order valence-electron chi connectivity index (χ3n) is 6.48. The first kappa shape index (κ1) is 22.2. The van der Waals surface area contributed by atoms with Crippen molar-refractivity contribution in [2.75, 3.05) is 24.7 Å². The summed E-state index contributed by atoms with van der Waals surface area (Å²) < 4.78 is 25.4. The number of nitrogens with zero attached hydrogens (tertiary/aromatic N) is 2. The van der Waals surface area contributed by atoms with E-state index in [0.717, 1.165) is 53.3 Å². The summed E-state index contributed by atoms with van der Waals surface area (Å²) in [6.07, 6.45) is 3.02. The quantitative estimate of drug-likeness (QED) is 0.481. The van der Waals surface area contributed by atoms with Gasteiger partial charge in [0.1, 0.15) is 23.1 Å². The van der Waals surface area contributed by atoms with Gasteiger partial charge in [0.2, 0.25) is 0 Å². The number of para-hydroxylation sites is 1. The van der Waals surface area contributed by atoms with Crippen LogP contribution in [0.3, 0.4) is 0 Å². The molecule has 0 saturated carbocycles. The minimum absolute atomic E-state index is 0.0795. The van der Waals surface area contributed by atoms with Crippen molar-refractivity contribution in [3.8, 4) is 11.5 Å². The second-order valence-electron chi connectivity index (χ2n) is 8.87. The van der Waals surface area contributed by atoms with Crippen molar-refractivity contribution in [2.24, 2.45) is 0 Å². The molecule has 3 aromatic rings. The summed E-state index contributed by atoms with van der Waals surface area (Å²) in [6, 6.07) is 15.4. The lowest BCUT2D eigenvalue weighted by Crippen LogP contribution is -2.19. The topological polar surface area (TPSA) is 71.9 Å². The molecule has 0 bridgehead atoms. The summed E-state index contributed by atoms with van der Waals surface area (Å²) in [5, 5.41) is 9.12. The number of ether oxygens (including phenoxy) is 2. The van der Waals surface area contributed by atoms with Gasteiger partial charge in [-0.05, 0) is 42.7 Å². The van der Waals surface area contributed by atoms with Gasteiger partial charge in [-0.1, -0.05) is 31.2 Å². The van der Waals surface area contributed by atoms with Gasteiger partial charge in [0.15, 0.2) is 0 Å². The fourth-order valence-corrected chi connectivity index (χ4v) is 4.90. The Kier molecular flexibility index (Phi) is 6.09. The van der Waals surface area contributed by atoms with Crippen molar-refractivity contribution in [2.45, 2.75) is 38.0 Å². The van der Waals surface area contributed by atoms with Crippen molar-refractivity contribution >= 4 is 17.5 Å². The maximum absolute atomic E-state index is 13.4. The Labute approximate surface area is 198 Å². The highest BCUT2D eigenvalue weighted by Crippen LogP contribution is 2.45. The number of anilines is 2. The highest BCUT2D eigenvalue weighted by molar-refractivity contribution is 5.71. The number of carboxylic acids is 1. The zero-order chi connectivity index (χ0) is 23.7. The number of benzene rings is 2.